The summed E-state index contributed by atoms with van der Waals surface area (Å²) < 4.78 is 10.7. The quantitative estimate of drug-likeness (QED) is 0.541. The Kier molecular flexibility index (Phi) is 5.29. The van der Waals surface area contributed by atoms with Crippen LogP contribution in [0.5, 0.6) is 5.75 Å². The molecule has 138 valence electrons. The van der Waals surface area contributed by atoms with Gasteiger partial charge in [-0.05, 0) is 24.3 Å². The maximum Gasteiger partial charge on any atom is 0.516 e. The maximum atomic E-state index is 12.9. The molecule has 1 amide bonds. The average Bonchev–Trinajstić information content (AvgIpc) is 2.96. The molecule has 3 heterocycles. The van der Waals surface area contributed by atoms with E-state index in [2.05, 4.69) is 4.98 Å². The number of halogens is 1. The number of aromatic nitrogens is 1. The van der Waals surface area contributed by atoms with E-state index >= 15 is 0 Å². The van der Waals surface area contributed by atoms with Gasteiger partial charge in [0.2, 0.25) is 6.23 Å². The van der Waals surface area contributed by atoms with Crippen LogP contribution in [0.4, 0.5) is 10.6 Å². The molecule has 1 unspecified atom stereocenters. The van der Waals surface area contributed by atoms with Gasteiger partial charge in [-0.3, -0.25) is 4.79 Å². The fourth-order valence-electron chi connectivity index (χ4n) is 2.66. The normalized spacial score (nSPS) is 19.1. The Morgan fingerprint density at radius 2 is 1.93 bits per heavy atom. The summed E-state index contributed by atoms with van der Waals surface area (Å²) in [5.74, 6) is 2.12. The molecule has 2 aliphatic rings. The topological polar surface area (TPSA) is 68.7 Å². The van der Waals surface area contributed by atoms with Crippen LogP contribution in [-0.2, 0) is 9.53 Å². The molecule has 0 radical (unpaired) electrons. The molecule has 6 nitrogen and oxygen atoms in total. The number of nitrogens with zero attached hydrogens (tertiary/aromatic N) is 2. The lowest BCUT2D eigenvalue weighted by atomic mass is 10.3. The van der Waals surface area contributed by atoms with Crippen molar-refractivity contribution >= 4 is 53.0 Å². The molecular formula is C18H13ClN2O4S2. The molecule has 2 aliphatic heterocycles. The van der Waals surface area contributed by atoms with Crippen LogP contribution in [0, 0.1) is 0 Å². The lowest BCUT2D eigenvalue weighted by molar-refractivity contribution is -0.115. The van der Waals surface area contributed by atoms with Crippen LogP contribution in [-0.4, -0.2) is 34.8 Å². The predicted molar refractivity (Wildman–Crippen MR) is 106 cm³/mol. The Hall–Kier alpha value is -2.16. The molecule has 0 bridgehead atoms. The van der Waals surface area contributed by atoms with Gasteiger partial charge in [-0.15, -0.1) is 23.5 Å². The number of amides is 1. The zero-order valence-corrected chi connectivity index (χ0v) is 16.2. The zero-order chi connectivity index (χ0) is 18.8. The van der Waals surface area contributed by atoms with Crippen molar-refractivity contribution in [3.05, 3.63) is 63.5 Å². The van der Waals surface area contributed by atoms with Crippen molar-refractivity contribution in [2.45, 2.75) is 6.23 Å². The fraction of sp³-hybridized carbons (Fsp3) is 0.167. The van der Waals surface area contributed by atoms with Crippen molar-refractivity contribution in [3.63, 3.8) is 0 Å². The fourth-order valence-corrected chi connectivity index (χ4v) is 5.19. The predicted octanol–water partition coefficient (Wildman–Crippen LogP) is 4.31. The number of para-hydroxylation sites is 1. The van der Waals surface area contributed by atoms with Gasteiger partial charge in [-0.25, -0.2) is 14.7 Å². The van der Waals surface area contributed by atoms with Gasteiger partial charge in [-0.2, -0.15) is 0 Å². The van der Waals surface area contributed by atoms with Crippen LogP contribution < -0.4 is 9.64 Å². The number of carbonyl (C=O) groups excluding carboxylic acids is 2. The zero-order valence-electron chi connectivity index (χ0n) is 13.8. The first-order chi connectivity index (χ1) is 13.1. The third-order valence-corrected chi connectivity index (χ3v) is 6.62. The summed E-state index contributed by atoms with van der Waals surface area (Å²) in [7, 11) is 0. The maximum absolute atomic E-state index is 12.9. The highest BCUT2D eigenvalue weighted by Crippen LogP contribution is 2.45. The summed E-state index contributed by atoms with van der Waals surface area (Å²) >= 11 is 8.86. The van der Waals surface area contributed by atoms with Crippen molar-refractivity contribution < 1.29 is 19.1 Å². The number of hydrogen-bond acceptors (Lipinski definition) is 7. The van der Waals surface area contributed by atoms with Crippen LogP contribution in [0.2, 0.25) is 5.02 Å². The van der Waals surface area contributed by atoms with Crippen molar-refractivity contribution in [1.29, 1.82) is 0 Å². The summed E-state index contributed by atoms with van der Waals surface area (Å²) in [4.78, 5) is 32.1. The molecule has 0 saturated carbocycles. The van der Waals surface area contributed by atoms with E-state index in [1.54, 1.807) is 36.4 Å². The Morgan fingerprint density at radius 3 is 2.67 bits per heavy atom. The van der Waals surface area contributed by atoms with Gasteiger partial charge >= 0.3 is 6.16 Å². The Labute approximate surface area is 168 Å². The number of anilines is 1. The highest BCUT2D eigenvalue weighted by atomic mass is 35.5. The number of benzene rings is 1. The van der Waals surface area contributed by atoms with Gasteiger partial charge in [0.1, 0.15) is 11.6 Å². The number of ether oxygens (including phenoxy) is 2. The van der Waals surface area contributed by atoms with E-state index in [1.165, 1.54) is 34.6 Å². The standard InChI is InChI=1S/C18H13ClN2O4S2/c19-11-6-7-13(20-10-11)21-16(22)14-15(27-9-8-26-14)17(21)25-18(23)24-12-4-2-1-3-5-12/h1-7,10,17H,8-9H2. The SMILES string of the molecule is O=C(Oc1ccccc1)OC1C2=C(SCCS2)C(=O)N1c1ccc(Cl)cn1. The minimum atomic E-state index is -0.907. The van der Waals surface area contributed by atoms with Gasteiger partial charge in [0.25, 0.3) is 5.91 Å². The van der Waals surface area contributed by atoms with E-state index in [4.69, 9.17) is 21.1 Å². The highest BCUT2D eigenvalue weighted by molar-refractivity contribution is 8.10. The van der Waals surface area contributed by atoms with E-state index in [0.717, 1.165) is 11.5 Å². The summed E-state index contributed by atoms with van der Waals surface area (Å²) in [5, 5.41) is 0.452. The molecule has 0 aliphatic carbocycles. The minimum absolute atomic E-state index is 0.241. The van der Waals surface area contributed by atoms with E-state index in [1.807, 2.05) is 6.07 Å². The summed E-state index contributed by atoms with van der Waals surface area (Å²) in [6.07, 6.45) is -0.348. The molecule has 1 atom stereocenters. The molecule has 27 heavy (non-hydrogen) atoms. The van der Waals surface area contributed by atoms with Crippen molar-refractivity contribution in [3.8, 4) is 5.75 Å². The smallest absolute Gasteiger partial charge is 0.404 e. The number of carbonyl (C=O) groups is 2. The third kappa shape index (κ3) is 3.78. The first-order valence-corrected chi connectivity index (χ1v) is 10.4. The van der Waals surface area contributed by atoms with E-state index in [0.29, 0.717) is 26.4 Å². The summed E-state index contributed by atoms with van der Waals surface area (Å²) in [6.45, 7) is 0. The molecule has 4 rings (SSSR count). The number of rotatable bonds is 3. The largest absolute Gasteiger partial charge is 0.516 e. The molecular weight excluding hydrogens is 408 g/mol. The Bertz CT molecular complexity index is 905. The molecule has 0 N–H and O–H groups in total. The Balaban J connectivity index is 1.61. The first-order valence-electron chi connectivity index (χ1n) is 8.02. The van der Waals surface area contributed by atoms with E-state index in [-0.39, 0.29) is 5.91 Å². The van der Waals surface area contributed by atoms with Gasteiger partial charge < -0.3 is 9.47 Å². The Morgan fingerprint density at radius 1 is 1.15 bits per heavy atom. The van der Waals surface area contributed by atoms with Crippen molar-refractivity contribution in [1.82, 2.24) is 4.98 Å². The van der Waals surface area contributed by atoms with Crippen LogP contribution in [0.25, 0.3) is 0 Å². The van der Waals surface area contributed by atoms with E-state index < -0.39 is 12.4 Å². The second-order valence-corrected chi connectivity index (χ2v) is 8.21. The van der Waals surface area contributed by atoms with Crippen LogP contribution >= 0.6 is 35.1 Å². The van der Waals surface area contributed by atoms with E-state index in [9.17, 15) is 9.59 Å². The monoisotopic (exact) mass is 420 g/mol. The summed E-state index contributed by atoms with van der Waals surface area (Å²) in [5.41, 5.74) is 0. The van der Waals surface area contributed by atoms with Gasteiger partial charge in [0.05, 0.1) is 14.8 Å². The van der Waals surface area contributed by atoms with Crippen molar-refractivity contribution in [2.24, 2.45) is 0 Å². The van der Waals surface area contributed by atoms with Crippen LogP contribution in [0.15, 0.2) is 58.5 Å². The summed E-state index contributed by atoms with van der Waals surface area (Å²) in [6, 6.07) is 11.9. The van der Waals surface area contributed by atoms with Crippen LogP contribution in [0.1, 0.15) is 0 Å². The second kappa shape index (κ2) is 7.84. The molecule has 0 fully saturated rings. The number of hydrogen-bond donors (Lipinski definition) is 0. The number of thioether (sulfide) groups is 2. The first kappa shape index (κ1) is 18.2. The molecule has 0 saturated heterocycles. The molecule has 2 aromatic rings. The van der Waals surface area contributed by atoms with Crippen molar-refractivity contribution in [2.75, 3.05) is 16.4 Å². The average molecular weight is 421 g/mol. The highest BCUT2D eigenvalue weighted by Gasteiger charge is 2.45. The molecule has 1 aromatic carbocycles. The lowest BCUT2D eigenvalue weighted by Gasteiger charge is -2.25. The number of pyridine rings is 1. The van der Waals surface area contributed by atoms with Gasteiger partial charge in [-0.1, -0.05) is 29.8 Å². The lowest BCUT2D eigenvalue weighted by Crippen LogP contribution is -2.39. The molecule has 1 aromatic heterocycles. The van der Waals surface area contributed by atoms with Gasteiger partial charge in [0, 0.05) is 17.7 Å². The van der Waals surface area contributed by atoms with Gasteiger partial charge in [0.15, 0.2) is 0 Å². The second-order valence-electron chi connectivity index (χ2n) is 5.54. The third-order valence-electron chi connectivity index (χ3n) is 3.79. The molecule has 0 spiro atoms. The molecule has 9 heteroatoms. The minimum Gasteiger partial charge on any atom is -0.404 e. The van der Waals surface area contributed by atoms with Crippen LogP contribution in [0.3, 0.4) is 0 Å².